The Morgan fingerprint density at radius 2 is 1.59 bits per heavy atom. The molecule has 0 aromatic heterocycles. The van der Waals surface area contributed by atoms with E-state index in [2.05, 4.69) is 5.32 Å². The number of sulfonamides is 1. The van der Waals surface area contributed by atoms with Gasteiger partial charge in [-0.25, -0.2) is 12.7 Å². The minimum absolute atomic E-state index is 0.228. The number of carbonyl (C=O) groups excluding carboxylic acids is 2. The molecule has 1 N–H and O–H groups in total. The maximum absolute atomic E-state index is 12.5. The first-order valence-electron chi connectivity index (χ1n) is 8.57. The van der Waals surface area contributed by atoms with Crippen LogP contribution in [-0.2, 0) is 14.8 Å². The van der Waals surface area contributed by atoms with Gasteiger partial charge in [0.15, 0.2) is 0 Å². The van der Waals surface area contributed by atoms with Gasteiger partial charge in [-0.2, -0.15) is 0 Å². The average molecular weight is 386 g/mol. The smallest absolute Gasteiger partial charge is 0.255 e. The number of hydrogen-bond acceptors (Lipinski definition) is 4. The van der Waals surface area contributed by atoms with Crippen molar-refractivity contribution in [3.8, 4) is 0 Å². The van der Waals surface area contributed by atoms with E-state index in [1.807, 2.05) is 32.0 Å². The van der Waals surface area contributed by atoms with Crippen LogP contribution in [0.4, 0.5) is 11.4 Å². The average Bonchev–Trinajstić information content (AvgIpc) is 2.69. The zero-order chi connectivity index (χ0) is 20.0. The molecule has 7 heteroatoms. The highest BCUT2D eigenvalue weighted by molar-refractivity contribution is 7.94. The third-order valence-corrected chi connectivity index (χ3v) is 6.45. The predicted molar refractivity (Wildman–Crippen MR) is 105 cm³/mol. The fraction of sp³-hybridized carbons (Fsp3) is 0.300. The standard InChI is InChI=1S/C20H22N2O4S/c1-13-9-14(2)11-16(10-13)21-18(23)15-5-7-17(8-6-15)22-19(24)20(3,4)12-27(22,25)26/h5-11H,12H2,1-4H3,(H,21,23). The first-order chi connectivity index (χ1) is 12.5. The monoisotopic (exact) mass is 386 g/mol. The molecule has 2 aromatic carbocycles. The Hall–Kier alpha value is -2.67. The molecule has 1 aliphatic heterocycles. The molecule has 0 radical (unpaired) electrons. The van der Waals surface area contributed by atoms with Gasteiger partial charge in [0.05, 0.1) is 16.9 Å². The Bertz CT molecular complexity index is 1000. The van der Waals surface area contributed by atoms with Gasteiger partial charge in [-0.1, -0.05) is 6.07 Å². The molecule has 2 amide bonds. The van der Waals surface area contributed by atoms with Gasteiger partial charge >= 0.3 is 0 Å². The molecule has 2 aromatic rings. The van der Waals surface area contributed by atoms with Crippen molar-refractivity contribution >= 4 is 33.2 Å². The second kappa shape index (κ2) is 6.49. The number of anilines is 2. The summed E-state index contributed by atoms with van der Waals surface area (Å²) in [6.45, 7) is 7.12. The topological polar surface area (TPSA) is 83.6 Å². The highest BCUT2D eigenvalue weighted by Crippen LogP contribution is 2.35. The van der Waals surface area contributed by atoms with Crippen LogP contribution in [0.5, 0.6) is 0 Å². The summed E-state index contributed by atoms with van der Waals surface area (Å²) < 4.78 is 25.5. The van der Waals surface area contributed by atoms with E-state index in [-0.39, 0.29) is 17.3 Å². The van der Waals surface area contributed by atoms with Crippen molar-refractivity contribution in [2.24, 2.45) is 5.41 Å². The Balaban J connectivity index is 1.83. The number of hydrogen-bond donors (Lipinski definition) is 1. The molecule has 0 unspecified atom stereocenters. The summed E-state index contributed by atoms with van der Waals surface area (Å²) in [4.78, 5) is 24.9. The lowest BCUT2D eigenvalue weighted by Crippen LogP contribution is -2.32. The molecule has 1 heterocycles. The van der Waals surface area contributed by atoms with Gasteiger partial charge in [0.1, 0.15) is 0 Å². The molecule has 0 aliphatic carbocycles. The minimum Gasteiger partial charge on any atom is -0.322 e. The number of rotatable bonds is 3. The largest absolute Gasteiger partial charge is 0.322 e. The molecule has 6 nitrogen and oxygen atoms in total. The van der Waals surface area contributed by atoms with Gasteiger partial charge < -0.3 is 5.32 Å². The lowest BCUT2D eigenvalue weighted by Gasteiger charge is -2.17. The van der Waals surface area contributed by atoms with Crippen LogP contribution in [0.1, 0.15) is 35.3 Å². The van der Waals surface area contributed by atoms with Crippen LogP contribution in [0.25, 0.3) is 0 Å². The second-order valence-electron chi connectivity index (χ2n) is 7.59. The predicted octanol–water partition coefficient (Wildman–Crippen LogP) is 3.26. The van der Waals surface area contributed by atoms with Gasteiger partial charge in [0.25, 0.3) is 5.91 Å². The van der Waals surface area contributed by atoms with Crippen molar-refractivity contribution in [2.75, 3.05) is 15.4 Å². The summed E-state index contributed by atoms with van der Waals surface area (Å²) in [6.07, 6.45) is 0. The quantitative estimate of drug-likeness (QED) is 0.878. The van der Waals surface area contributed by atoms with Gasteiger partial charge in [-0.15, -0.1) is 0 Å². The summed E-state index contributed by atoms with van der Waals surface area (Å²) in [5.41, 5.74) is 2.44. The first kappa shape index (κ1) is 19.1. The third kappa shape index (κ3) is 3.73. The van der Waals surface area contributed by atoms with E-state index in [0.717, 1.165) is 15.4 Å². The third-order valence-electron chi connectivity index (χ3n) is 4.43. The summed E-state index contributed by atoms with van der Waals surface area (Å²) in [7, 11) is -3.70. The molecule has 0 atom stereocenters. The van der Waals surface area contributed by atoms with Crippen LogP contribution >= 0.6 is 0 Å². The van der Waals surface area contributed by atoms with Crippen molar-refractivity contribution < 1.29 is 18.0 Å². The maximum Gasteiger partial charge on any atom is 0.255 e. The first-order valence-corrected chi connectivity index (χ1v) is 10.2. The van der Waals surface area contributed by atoms with E-state index in [0.29, 0.717) is 11.3 Å². The van der Waals surface area contributed by atoms with Crippen LogP contribution in [-0.4, -0.2) is 26.0 Å². The van der Waals surface area contributed by atoms with Crippen molar-refractivity contribution in [2.45, 2.75) is 27.7 Å². The fourth-order valence-corrected chi connectivity index (χ4v) is 5.37. The van der Waals surface area contributed by atoms with E-state index in [1.165, 1.54) is 24.3 Å². The molecule has 27 heavy (non-hydrogen) atoms. The molecule has 142 valence electrons. The van der Waals surface area contributed by atoms with Gasteiger partial charge in [-0.05, 0) is 75.2 Å². The van der Waals surface area contributed by atoms with Crippen LogP contribution in [0.3, 0.4) is 0 Å². The van der Waals surface area contributed by atoms with Crippen LogP contribution < -0.4 is 9.62 Å². The summed E-state index contributed by atoms with van der Waals surface area (Å²) in [6, 6.07) is 11.7. The minimum atomic E-state index is -3.70. The van der Waals surface area contributed by atoms with Gasteiger partial charge in [0, 0.05) is 11.3 Å². The van der Waals surface area contributed by atoms with Crippen LogP contribution in [0.2, 0.25) is 0 Å². The van der Waals surface area contributed by atoms with Crippen molar-refractivity contribution in [1.82, 2.24) is 0 Å². The number of amides is 2. The molecule has 0 saturated carbocycles. The lowest BCUT2D eigenvalue weighted by molar-refractivity contribution is -0.123. The normalized spacial score (nSPS) is 17.8. The van der Waals surface area contributed by atoms with Gasteiger partial charge in [-0.3, -0.25) is 9.59 Å². The number of benzene rings is 2. The number of aryl methyl sites for hydroxylation is 2. The van der Waals surface area contributed by atoms with E-state index < -0.39 is 21.3 Å². The summed E-state index contributed by atoms with van der Waals surface area (Å²) >= 11 is 0. The van der Waals surface area contributed by atoms with E-state index in [9.17, 15) is 18.0 Å². The van der Waals surface area contributed by atoms with Crippen molar-refractivity contribution in [3.05, 3.63) is 59.2 Å². The Labute approximate surface area is 159 Å². The zero-order valence-electron chi connectivity index (χ0n) is 15.7. The molecular formula is C20H22N2O4S. The molecule has 1 saturated heterocycles. The molecule has 1 fully saturated rings. The van der Waals surface area contributed by atoms with E-state index in [4.69, 9.17) is 0 Å². The molecule has 3 rings (SSSR count). The fourth-order valence-electron chi connectivity index (χ4n) is 3.26. The lowest BCUT2D eigenvalue weighted by atomic mass is 9.95. The Morgan fingerprint density at radius 1 is 1.04 bits per heavy atom. The van der Waals surface area contributed by atoms with Crippen LogP contribution in [0, 0.1) is 19.3 Å². The van der Waals surface area contributed by atoms with Crippen molar-refractivity contribution in [1.29, 1.82) is 0 Å². The van der Waals surface area contributed by atoms with E-state index in [1.54, 1.807) is 13.8 Å². The number of carbonyl (C=O) groups is 2. The number of nitrogens with one attached hydrogen (secondary N) is 1. The van der Waals surface area contributed by atoms with E-state index >= 15 is 0 Å². The molecular weight excluding hydrogens is 364 g/mol. The molecule has 1 aliphatic rings. The van der Waals surface area contributed by atoms with Gasteiger partial charge in [0.2, 0.25) is 15.9 Å². The second-order valence-corrected chi connectivity index (χ2v) is 9.40. The Morgan fingerprint density at radius 3 is 2.07 bits per heavy atom. The highest BCUT2D eigenvalue weighted by Gasteiger charge is 2.49. The zero-order valence-corrected chi connectivity index (χ0v) is 16.6. The highest BCUT2D eigenvalue weighted by atomic mass is 32.2. The van der Waals surface area contributed by atoms with Crippen molar-refractivity contribution in [3.63, 3.8) is 0 Å². The van der Waals surface area contributed by atoms with Crippen LogP contribution in [0.15, 0.2) is 42.5 Å². The SMILES string of the molecule is Cc1cc(C)cc(NC(=O)c2ccc(N3C(=O)C(C)(C)CS3(=O)=O)cc2)c1. The maximum atomic E-state index is 12.5. The summed E-state index contributed by atoms with van der Waals surface area (Å²) in [5, 5.41) is 2.83. The molecule has 0 spiro atoms. The Kier molecular flexibility index (Phi) is 4.59. The number of nitrogens with zero attached hydrogens (tertiary/aromatic N) is 1. The summed E-state index contributed by atoms with van der Waals surface area (Å²) in [5.74, 6) is -0.995. The molecule has 0 bridgehead atoms.